The molecule has 1 aromatic heterocycles. The minimum Gasteiger partial charge on any atom is -0.454 e. The number of carbonyl (C=O) groups is 1. The maximum absolute atomic E-state index is 12.7. The van der Waals surface area contributed by atoms with Crippen LogP contribution in [-0.2, 0) is 6.42 Å². The fourth-order valence-corrected chi connectivity index (χ4v) is 3.73. The summed E-state index contributed by atoms with van der Waals surface area (Å²) in [4.78, 5) is 12.7. The van der Waals surface area contributed by atoms with Gasteiger partial charge in [0.15, 0.2) is 17.3 Å². The van der Waals surface area contributed by atoms with Gasteiger partial charge in [-0.3, -0.25) is 4.79 Å². The van der Waals surface area contributed by atoms with E-state index in [9.17, 15) is 4.79 Å². The van der Waals surface area contributed by atoms with Gasteiger partial charge >= 0.3 is 0 Å². The average Bonchev–Trinajstić information content (AvgIpc) is 3.37. The van der Waals surface area contributed by atoms with Gasteiger partial charge in [-0.15, -0.1) is 10.2 Å². The Kier molecular flexibility index (Phi) is 5.34. The topological polar surface area (TPSA) is 74.5 Å². The molecule has 7 heteroatoms. The summed E-state index contributed by atoms with van der Waals surface area (Å²) in [5, 5.41) is 8.17. The second-order valence-corrected chi connectivity index (χ2v) is 7.80. The summed E-state index contributed by atoms with van der Waals surface area (Å²) in [5.74, 6) is 1.77. The largest absolute Gasteiger partial charge is 0.454 e. The lowest BCUT2D eigenvalue weighted by atomic mass is 10.0. The number of aryl methyl sites for hydroxylation is 1. The highest BCUT2D eigenvalue weighted by Gasteiger charge is 2.21. The second-order valence-electron chi connectivity index (χ2n) is 6.51. The SMILES string of the molecule is CCCc1ccc(C(=O)C(C)Sc2nnc(-c3ccc4c(c3)OCO4)o2)cc1. The molecule has 0 fully saturated rings. The van der Waals surface area contributed by atoms with E-state index >= 15 is 0 Å². The Labute approximate surface area is 167 Å². The van der Waals surface area contributed by atoms with E-state index in [1.54, 1.807) is 6.07 Å². The minimum absolute atomic E-state index is 0.0378. The molecule has 3 aromatic rings. The fourth-order valence-electron chi connectivity index (χ4n) is 2.97. The summed E-state index contributed by atoms with van der Waals surface area (Å²) in [5.41, 5.74) is 2.68. The number of ether oxygens (including phenoxy) is 2. The second kappa shape index (κ2) is 8.06. The molecule has 2 aromatic carbocycles. The van der Waals surface area contributed by atoms with Crippen LogP contribution in [0.15, 0.2) is 52.1 Å². The van der Waals surface area contributed by atoms with Crippen molar-refractivity contribution in [2.75, 3.05) is 6.79 Å². The number of carbonyl (C=O) groups excluding carboxylic acids is 1. The Hall–Kier alpha value is -2.80. The molecule has 28 heavy (non-hydrogen) atoms. The van der Waals surface area contributed by atoms with Gasteiger partial charge in [0.2, 0.25) is 12.7 Å². The Morgan fingerprint density at radius 3 is 2.68 bits per heavy atom. The molecule has 4 rings (SSSR count). The van der Waals surface area contributed by atoms with Crippen molar-refractivity contribution in [2.45, 2.75) is 37.2 Å². The van der Waals surface area contributed by atoms with Crippen LogP contribution in [0.4, 0.5) is 0 Å². The van der Waals surface area contributed by atoms with Crippen LogP contribution < -0.4 is 9.47 Å². The normalized spacial score (nSPS) is 13.5. The highest BCUT2D eigenvalue weighted by molar-refractivity contribution is 8.00. The molecule has 0 saturated heterocycles. The highest BCUT2D eigenvalue weighted by atomic mass is 32.2. The van der Waals surface area contributed by atoms with Gasteiger partial charge in [-0.2, -0.15) is 0 Å². The first-order chi connectivity index (χ1) is 13.6. The lowest BCUT2D eigenvalue weighted by Gasteiger charge is -2.08. The van der Waals surface area contributed by atoms with E-state index in [1.807, 2.05) is 43.3 Å². The van der Waals surface area contributed by atoms with E-state index < -0.39 is 0 Å². The zero-order valence-corrected chi connectivity index (χ0v) is 16.5. The summed E-state index contributed by atoms with van der Waals surface area (Å²) < 4.78 is 16.4. The number of benzene rings is 2. The molecule has 144 valence electrons. The Morgan fingerprint density at radius 1 is 1.11 bits per heavy atom. The van der Waals surface area contributed by atoms with Gasteiger partial charge in [-0.1, -0.05) is 49.4 Å². The molecule has 1 unspecified atom stereocenters. The number of hydrogen-bond donors (Lipinski definition) is 0. The molecule has 1 aliphatic rings. The third kappa shape index (κ3) is 3.89. The number of aromatic nitrogens is 2. The number of ketones is 1. The molecule has 0 amide bonds. The van der Waals surface area contributed by atoms with E-state index in [0.717, 1.165) is 18.4 Å². The van der Waals surface area contributed by atoms with Gasteiger partial charge in [0.25, 0.3) is 5.22 Å². The standard InChI is InChI=1S/C21H20N2O4S/c1-3-4-14-5-7-15(8-6-14)19(24)13(2)28-21-23-22-20(27-21)16-9-10-17-18(11-16)26-12-25-17/h5-11,13H,3-4,12H2,1-2H3. The Morgan fingerprint density at radius 2 is 1.89 bits per heavy atom. The molecule has 1 aliphatic heterocycles. The Balaban J connectivity index is 1.43. The predicted octanol–water partition coefficient (Wildman–Crippen LogP) is 4.78. The number of hydrogen-bond acceptors (Lipinski definition) is 7. The van der Waals surface area contributed by atoms with Gasteiger partial charge in [0.05, 0.1) is 5.25 Å². The van der Waals surface area contributed by atoms with Crippen molar-refractivity contribution in [3.63, 3.8) is 0 Å². The van der Waals surface area contributed by atoms with Crippen LogP contribution in [0.3, 0.4) is 0 Å². The zero-order chi connectivity index (χ0) is 19.5. The van der Waals surface area contributed by atoms with Crippen molar-refractivity contribution < 1.29 is 18.7 Å². The summed E-state index contributed by atoms with van der Waals surface area (Å²) in [7, 11) is 0. The number of rotatable bonds is 7. The maximum atomic E-state index is 12.7. The quantitative estimate of drug-likeness (QED) is 0.420. The van der Waals surface area contributed by atoms with E-state index in [4.69, 9.17) is 13.9 Å². The number of thioether (sulfide) groups is 1. The van der Waals surface area contributed by atoms with Gasteiger partial charge < -0.3 is 13.9 Å². The molecule has 2 heterocycles. The molecule has 1 atom stereocenters. The lowest BCUT2D eigenvalue weighted by molar-refractivity contribution is 0.0993. The monoisotopic (exact) mass is 396 g/mol. The average molecular weight is 396 g/mol. The molecule has 0 saturated carbocycles. The van der Waals surface area contributed by atoms with Gasteiger partial charge in [0, 0.05) is 11.1 Å². The van der Waals surface area contributed by atoms with Gasteiger partial charge in [-0.05, 0) is 37.1 Å². The van der Waals surface area contributed by atoms with E-state index in [1.165, 1.54) is 17.3 Å². The van der Waals surface area contributed by atoms with Crippen molar-refractivity contribution >= 4 is 17.5 Å². The van der Waals surface area contributed by atoms with Crippen molar-refractivity contribution in [2.24, 2.45) is 0 Å². The third-order valence-corrected chi connectivity index (χ3v) is 5.38. The summed E-state index contributed by atoms with van der Waals surface area (Å²) in [6.07, 6.45) is 2.10. The highest BCUT2D eigenvalue weighted by Crippen LogP contribution is 2.36. The number of Topliss-reactive ketones (excluding diaryl/α,β-unsaturated/α-hetero) is 1. The molecular weight excluding hydrogens is 376 g/mol. The molecular formula is C21H20N2O4S. The van der Waals surface area contributed by atoms with Gasteiger partial charge in [-0.25, -0.2) is 0 Å². The van der Waals surface area contributed by atoms with Crippen molar-refractivity contribution in [3.8, 4) is 23.0 Å². The van der Waals surface area contributed by atoms with Crippen LogP contribution in [0, 0.1) is 0 Å². The predicted molar refractivity (Wildman–Crippen MR) is 106 cm³/mol. The molecule has 0 radical (unpaired) electrons. The van der Waals surface area contributed by atoms with Crippen LogP contribution in [0.2, 0.25) is 0 Å². The van der Waals surface area contributed by atoms with Crippen LogP contribution in [0.25, 0.3) is 11.5 Å². The Bertz CT molecular complexity index is 984. The molecule has 6 nitrogen and oxygen atoms in total. The van der Waals surface area contributed by atoms with E-state index in [0.29, 0.717) is 28.2 Å². The zero-order valence-electron chi connectivity index (χ0n) is 15.7. The third-order valence-electron chi connectivity index (χ3n) is 4.45. The molecule has 0 aliphatic carbocycles. The van der Waals surface area contributed by atoms with Crippen LogP contribution in [0.1, 0.15) is 36.2 Å². The molecule has 0 N–H and O–H groups in total. The number of nitrogens with zero attached hydrogens (tertiary/aromatic N) is 2. The van der Waals surface area contributed by atoms with Crippen molar-refractivity contribution in [3.05, 3.63) is 53.6 Å². The lowest BCUT2D eigenvalue weighted by Crippen LogP contribution is -2.13. The first-order valence-corrected chi connectivity index (χ1v) is 10.1. The van der Waals surface area contributed by atoms with Crippen LogP contribution in [-0.4, -0.2) is 28.0 Å². The summed E-state index contributed by atoms with van der Waals surface area (Å²) in [6.45, 7) is 4.19. The minimum atomic E-state index is -0.331. The maximum Gasteiger partial charge on any atom is 0.277 e. The van der Waals surface area contributed by atoms with E-state index in [-0.39, 0.29) is 17.8 Å². The van der Waals surface area contributed by atoms with Gasteiger partial charge in [0.1, 0.15) is 0 Å². The number of fused-ring (bicyclic) bond motifs is 1. The first-order valence-electron chi connectivity index (χ1n) is 9.17. The van der Waals surface area contributed by atoms with Crippen molar-refractivity contribution in [1.82, 2.24) is 10.2 Å². The smallest absolute Gasteiger partial charge is 0.277 e. The van der Waals surface area contributed by atoms with Crippen LogP contribution >= 0.6 is 11.8 Å². The fraction of sp³-hybridized carbons (Fsp3) is 0.286. The summed E-state index contributed by atoms with van der Waals surface area (Å²) >= 11 is 1.26. The first kappa shape index (κ1) is 18.6. The van der Waals surface area contributed by atoms with Crippen LogP contribution in [0.5, 0.6) is 11.5 Å². The van der Waals surface area contributed by atoms with Crippen molar-refractivity contribution in [1.29, 1.82) is 0 Å². The molecule has 0 spiro atoms. The molecule has 0 bridgehead atoms. The van der Waals surface area contributed by atoms with E-state index in [2.05, 4.69) is 17.1 Å². The summed E-state index contributed by atoms with van der Waals surface area (Å²) in [6, 6.07) is 13.2.